The molecule has 3 aliphatic rings. The fraction of sp³-hybridized carbons (Fsp3) is 0.667. The lowest BCUT2D eigenvalue weighted by Gasteiger charge is -2.36. The van der Waals surface area contributed by atoms with E-state index in [9.17, 15) is 13.2 Å². The van der Waals surface area contributed by atoms with E-state index in [1.54, 1.807) is 0 Å². The van der Waals surface area contributed by atoms with Crippen LogP contribution >= 0.6 is 0 Å². The van der Waals surface area contributed by atoms with Gasteiger partial charge in [-0.2, -0.15) is 0 Å². The van der Waals surface area contributed by atoms with Gasteiger partial charge in [-0.15, -0.1) is 0 Å². The predicted molar refractivity (Wildman–Crippen MR) is 108 cm³/mol. The van der Waals surface area contributed by atoms with Gasteiger partial charge in [0.15, 0.2) is 0 Å². The molecule has 6 heteroatoms. The monoisotopic (exact) mass is 390 g/mol. The Bertz CT molecular complexity index is 825. The maximum atomic E-state index is 12.9. The average molecular weight is 391 g/mol. The minimum Gasteiger partial charge on any atom is -0.372 e. The quantitative estimate of drug-likeness (QED) is 0.830. The zero-order chi connectivity index (χ0) is 19.3. The molecule has 1 heterocycles. The summed E-state index contributed by atoms with van der Waals surface area (Å²) < 4.78 is 28.5. The van der Waals surface area contributed by atoms with Crippen LogP contribution in [0.25, 0.3) is 0 Å². The maximum Gasteiger partial charge on any atom is 0.233 e. The molecular weight excluding hydrogens is 360 g/mol. The summed E-state index contributed by atoms with van der Waals surface area (Å²) >= 11 is 0. The van der Waals surface area contributed by atoms with Gasteiger partial charge in [-0.25, -0.2) is 8.42 Å². The van der Waals surface area contributed by atoms with E-state index in [0.717, 1.165) is 25.2 Å². The fourth-order valence-corrected chi connectivity index (χ4v) is 7.43. The number of hydrogen-bond acceptors (Lipinski definition) is 4. The molecule has 148 valence electrons. The SMILES string of the molecule is CC1(C)C2CCC1(CS(=O)(=O)Nc1ccc(N3CCCCC3)cc1)C(=O)C2. The van der Waals surface area contributed by atoms with Crippen LogP contribution in [-0.4, -0.2) is 33.0 Å². The van der Waals surface area contributed by atoms with Crippen LogP contribution in [-0.2, 0) is 14.8 Å². The number of Topliss-reactive ketones (excluding diaryl/α,β-unsaturated/α-hetero) is 1. The molecule has 3 fully saturated rings. The van der Waals surface area contributed by atoms with Crippen molar-refractivity contribution in [2.24, 2.45) is 16.7 Å². The number of fused-ring (bicyclic) bond motifs is 2. The van der Waals surface area contributed by atoms with Crippen molar-refractivity contribution in [3.8, 4) is 0 Å². The molecule has 1 aromatic carbocycles. The lowest BCUT2D eigenvalue weighted by molar-refractivity contribution is -0.128. The smallest absolute Gasteiger partial charge is 0.233 e. The maximum absolute atomic E-state index is 12.9. The minimum atomic E-state index is -3.59. The molecule has 4 rings (SSSR count). The number of hydrogen-bond donors (Lipinski definition) is 1. The highest BCUT2D eigenvalue weighted by Gasteiger charge is 2.65. The molecule has 0 aromatic heterocycles. The highest BCUT2D eigenvalue weighted by Crippen LogP contribution is 2.64. The van der Waals surface area contributed by atoms with Crippen LogP contribution in [0, 0.1) is 16.7 Å². The number of sulfonamides is 1. The Balaban J connectivity index is 1.48. The van der Waals surface area contributed by atoms with Crippen molar-refractivity contribution in [3.05, 3.63) is 24.3 Å². The van der Waals surface area contributed by atoms with Crippen LogP contribution in [0.1, 0.15) is 52.4 Å². The zero-order valence-corrected chi connectivity index (χ0v) is 17.1. The molecule has 0 spiro atoms. The van der Waals surface area contributed by atoms with Gasteiger partial charge in [0, 0.05) is 30.9 Å². The Labute approximate surface area is 162 Å². The zero-order valence-electron chi connectivity index (χ0n) is 16.3. The van der Waals surface area contributed by atoms with Gasteiger partial charge in [0.05, 0.1) is 11.2 Å². The number of piperidine rings is 1. The predicted octanol–water partition coefficient (Wildman–Crippen LogP) is 3.81. The number of nitrogens with zero attached hydrogens (tertiary/aromatic N) is 1. The minimum absolute atomic E-state index is 0.101. The van der Waals surface area contributed by atoms with Gasteiger partial charge < -0.3 is 4.90 Å². The van der Waals surface area contributed by atoms with E-state index in [0.29, 0.717) is 24.4 Å². The van der Waals surface area contributed by atoms with Crippen molar-refractivity contribution >= 4 is 27.2 Å². The second-order valence-corrected chi connectivity index (χ2v) is 10.8. The van der Waals surface area contributed by atoms with Crippen LogP contribution in [0.4, 0.5) is 11.4 Å². The van der Waals surface area contributed by atoms with E-state index in [2.05, 4.69) is 23.5 Å². The van der Waals surface area contributed by atoms with Gasteiger partial charge >= 0.3 is 0 Å². The van der Waals surface area contributed by atoms with Crippen LogP contribution in [0.3, 0.4) is 0 Å². The molecule has 1 N–H and O–H groups in total. The van der Waals surface area contributed by atoms with Crippen LogP contribution in [0.15, 0.2) is 24.3 Å². The summed E-state index contributed by atoms with van der Waals surface area (Å²) in [6.45, 7) is 6.26. The van der Waals surface area contributed by atoms with E-state index in [-0.39, 0.29) is 17.0 Å². The highest BCUT2D eigenvalue weighted by atomic mass is 32.2. The second kappa shape index (κ2) is 6.50. The van der Waals surface area contributed by atoms with Gasteiger partial charge in [-0.3, -0.25) is 9.52 Å². The Hall–Kier alpha value is -1.56. The standard InChI is InChI=1S/C21H30N2O3S/c1-20(2)16-10-11-21(20,19(24)14-16)15-27(25,26)22-17-6-8-18(9-7-17)23-12-4-3-5-13-23/h6-9,16,22H,3-5,10-15H2,1-2H3. The Morgan fingerprint density at radius 3 is 2.33 bits per heavy atom. The van der Waals surface area contributed by atoms with Crippen molar-refractivity contribution in [2.75, 3.05) is 28.5 Å². The summed E-state index contributed by atoms with van der Waals surface area (Å²) in [5.41, 5.74) is 0.751. The largest absolute Gasteiger partial charge is 0.372 e. The van der Waals surface area contributed by atoms with Crippen LogP contribution in [0.2, 0.25) is 0 Å². The lowest BCUT2D eigenvalue weighted by atomic mass is 9.70. The van der Waals surface area contributed by atoms with Gasteiger partial charge in [0.25, 0.3) is 0 Å². The van der Waals surface area contributed by atoms with E-state index < -0.39 is 15.4 Å². The number of ketones is 1. The summed E-state index contributed by atoms with van der Waals surface area (Å²) in [4.78, 5) is 15.0. The molecule has 2 saturated carbocycles. The number of rotatable bonds is 5. The van der Waals surface area contributed by atoms with Gasteiger partial charge in [-0.1, -0.05) is 13.8 Å². The van der Waals surface area contributed by atoms with E-state index in [1.165, 1.54) is 19.3 Å². The summed E-state index contributed by atoms with van der Waals surface area (Å²) in [7, 11) is -3.59. The van der Waals surface area contributed by atoms with Crippen molar-refractivity contribution in [2.45, 2.75) is 52.4 Å². The summed E-state index contributed by atoms with van der Waals surface area (Å²) in [5, 5.41) is 0. The van der Waals surface area contributed by atoms with Crippen LogP contribution in [0.5, 0.6) is 0 Å². The van der Waals surface area contributed by atoms with Crippen molar-refractivity contribution in [3.63, 3.8) is 0 Å². The van der Waals surface area contributed by atoms with Gasteiger partial charge in [0.2, 0.25) is 10.0 Å². The van der Waals surface area contributed by atoms with Gasteiger partial charge in [0.1, 0.15) is 5.78 Å². The molecule has 5 nitrogen and oxygen atoms in total. The summed E-state index contributed by atoms with van der Waals surface area (Å²) in [5.74, 6) is 0.356. The summed E-state index contributed by atoms with van der Waals surface area (Å²) in [6, 6.07) is 7.63. The normalized spacial score (nSPS) is 29.9. The third-order valence-electron chi connectivity index (χ3n) is 7.44. The Morgan fingerprint density at radius 2 is 1.78 bits per heavy atom. The number of benzene rings is 1. The first kappa shape index (κ1) is 18.8. The average Bonchev–Trinajstić information content (AvgIpc) is 2.96. The molecule has 0 radical (unpaired) electrons. The van der Waals surface area contributed by atoms with E-state index >= 15 is 0 Å². The molecular formula is C21H30N2O3S. The molecule has 2 aliphatic carbocycles. The van der Waals surface area contributed by atoms with Crippen molar-refractivity contribution in [1.82, 2.24) is 0 Å². The van der Waals surface area contributed by atoms with E-state index in [4.69, 9.17) is 0 Å². The van der Waals surface area contributed by atoms with Crippen molar-refractivity contribution < 1.29 is 13.2 Å². The first-order chi connectivity index (χ1) is 12.7. The third kappa shape index (κ3) is 3.16. The first-order valence-corrected chi connectivity index (χ1v) is 11.8. The molecule has 1 aliphatic heterocycles. The first-order valence-electron chi connectivity index (χ1n) is 10.1. The molecule has 2 unspecified atom stereocenters. The second-order valence-electron chi connectivity index (χ2n) is 9.12. The van der Waals surface area contributed by atoms with E-state index in [1.807, 2.05) is 24.3 Å². The number of anilines is 2. The fourth-order valence-electron chi connectivity index (χ4n) is 5.54. The van der Waals surface area contributed by atoms with Crippen LogP contribution < -0.4 is 9.62 Å². The Morgan fingerprint density at radius 1 is 1.11 bits per heavy atom. The highest BCUT2D eigenvalue weighted by molar-refractivity contribution is 7.92. The molecule has 1 saturated heterocycles. The number of carbonyl (C=O) groups is 1. The summed E-state index contributed by atoms with van der Waals surface area (Å²) in [6.07, 6.45) is 5.89. The number of nitrogens with one attached hydrogen (secondary N) is 1. The third-order valence-corrected chi connectivity index (χ3v) is 8.86. The molecule has 27 heavy (non-hydrogen) atoms. The molecule has 2 bridgehead atoms. The molecule has 0 amide bonds. The molecule has 2 atom stereocenters. The molecule has 1 aromatic rings. The topological polar surface area (TPSA) is 66.5 Å². The number of carbonyl (C=O) groups excluding carboxylic acids is 1. The lowest BCUT2D eigenvalue weighted by Crippen LogP contribution is -2.43. The van der Waals surface area contributed by atoms with Crippen molar-refractivity contribution in [1.29, 1.82) is 0 Å². The Kier molecular flexibility index (Phi) is 4.53. The van der Waals surface area contributed by atoms with Gasteiger partial charge in [-0.05, 0) is 67.7 Å².